The minimum atomic E-state index is 0.788. The van der Waals surface area contributed by atoms with Crippen LogP contribution in [-0.2, 0) is 9.47 Å². The molecule has 13 heavy (non-hydrogen) atoms. The van der Waals surface area contributed by atoms with E-state index in [1.807, 2.05) is 13.8 Å². The molecule has 0 rings (SSSR count). The zero-order valence-electron chi connectivity index (χ0n) is 8.92. The van der Waals surface area contributed by atoms with Crippen LogP contribution in [0.2, 0.25) is 0 Å². The molecule has 0 unspecified atom stereocenters. The molecule has 0 N–H and O–H groups in total. The maximum Gasteiger partial charge on any atom is 0.0593 e. The minimum absolute atomic E-state index is 0.788. The molecular formula is C10H22NO2. The average molecular weight is 188 g/mol. The Morgan fingerprint density at radius 1 is 1.00 bits per heavy atom. The third-order valence-corrected chi connectivity index (χ3v) is 1.83. The lowest BCUT2D eigenvalue weighted by Gasteiger charge is -2.19. The maximum absolute atomic E-state index is 5.26. The summed E-state index contributed by atoms with van der Waals surface area (Å²) in [6, 6.07) is 0. The Morgan fingerprint density at radius 3 is 1.77 bits per heavy atom. The molecule has 0 aliphatic heterocycles. The second-order valence-electron chi connectivity index (χ2n) is 2.74. The molecule has 0 aromatic rings. The molecule has 79 valence electrons. The van der Waals surface area contributed by atoms with E-state index in [0.717, 1.165) is 46.1 Å². The third kappa shape index (κ3) is 8.22. The lowest BCUT2D eigenvalue weighted by atomic mass is 10.5. The first-order chi connectivity index (χ1) is 6.35. The number of rotatable bonds is 9. The topological polar surface area (TPSA) is 21.7 Å². The van der Waals surface area contributed by atoms with Crippen LogP contribution in [0.1, 0.15) is 13.8 Å². The van der Waals surface area contributed by atoms with Crippen molar-refractivity contribution >= 4 is 0 Å². The van der Waals surface area contributed by atoms with Gasteiger partial charge in [0.2, 0.25) is 0 Å². The highest BCUT2D eigenvalue weighted by Gasteiger charge is 2.00. The van der Waals surface area contributed by atoms with Gasteiger partial charge in [0.1, 0.15) is 0 Å². The summed E-state index contributed by atoms with van der Waals surface area (Å²) in [4.78, 5) is 2.23. The van der Waals surface area contributed by atoms with Gasteiger partial charge < -0.3 is 9.47 Å². The van der Waals surface area contributed by atoms with Gasteiger partial charge >= 0.3 is 0 Å². The van der Waals surface area contributed by atoms with E-state index >= 15 is 0 Å². The van der Waals surface area contributed by atoms with E-state index in [4.69, 9.17) is 9.47 Å². The molecule has 0 aromatic carbocycles. The summed E-state index contributed by atoms with van der Waals surface area (Å²) in [7, 11) is 0. The molecule has 0 aliphatic carbocycles. The fourth-order valence-corrected chi connectivity index (χ4v) is 1.01. The van der Waals surface area contributed by atoms with Crippen molar-refractivity contribution in [1.29, 1.82) is 0 Å². The Bertz CT molecular complexity index is 88.9. The van der Waals surface area contributed by atoms with Crippen LogP contribution in [0, 0.1) is 6.92 Å². The van der Waals surface area contributed by atoms with E-state index in [0.29, 0.717) is 0 Å². The predicted octanol–water partition coefficient (Wildman–Crippen LogP) is 1.20. The van der Waals surface area contributed by atoms with Gasteiger partial charge in [0.15, 0.2) is 0 Å². The lowest BCUT2D eigenvalue weighted by molar-refractivity contribution is 0.0875. The fourth-order valence-electron chi connectivity index (χ4n) is 1.01. The normalized spacial score (nSPS) is 11.1. The monoisotopic (exact) mass is 188 g/mol. The number of hydrogen-bond donors (Lipinski definition) is 0. The molecule has 0 fully saturated rings. The van der Waals surface area contributed by atoms with Gasteiger partial charge in [-0.3, -0.25) is 4.90 Å². The Hall–Kier alpha value is -0.120. The van der Waals surface area contributed by atoms with Crippen molar-refractivity contribution < 1.29 is 9.47 Å². The van der Waals surface area contributed by atoms with Crippen LogP contribution >= 0.6 is 0 Å². The average Bonchev–Trinajstić information content (AvgIpc) is 2.16. The van der Waals surface area contributed by atoms with Crippen molar-refractivity contribution in [3.63, 3.8) is 0 Å². The SMILES string of the molecule is [CH2]CN(CCOCC)CCOCC. The van der Waals surface area contributed by atoms with Crippen LogP contribution in [0.3, 0.4) is 0 Å². The van der Waals surface area contributed by atoms with Crippen molar-refractivity contribution in [2.45, 2.75) is 13.8 Å². The first kappa shape index (κ1) is 12.9. The zero-order valence-corrected chi connectivity index (χ0v) is 8.92. The van der Waals surface area contributed by atoms with Crippen LogP contribution in [0.15, 0.2) is 0 Å². The molecule has 0 amide bonds. The summed E-state index contributed by atoms with van der Waals surface area (Å²) in [5, 5.41) is 0. The Morgan fingerprint density at radius 2 is 1.46 bits per heavy atom. The zero-order chi connectivity index (χ0) is 9.94. The second-order valence-corrected chi connectivity index (χ2v) is 2.74. The fraction of sp³-hybridized carbons (Fsp3) is 0.900. The van der Waals surface area contributed by atoms with E-state index in [1.165, 1.54) is 0 Å². The predicted molar refractivity (Wildman–Crippen MR) is 54.8 cm³/mol. The molecule has 0 atom stereocenters. The second kappa shape index (κ2) is 9.96. The standard InChI is InChI=1S/C10H22NO2/c1-4-11(7-9-12-5-2)8-10-13-6-3/h1,4-10H2,2-3H3. The number of nitrogens with zero attached hydrogens (tertiary/aromatic N) is 1. The van der Waals surface area contributed by atoms with Gasteiger partial charge in [-0.05, 0) is 27.3 Å². The molecule has 0 aromatic heterocycles. The summed E-state index contributed by atoms with van der Waals surface area (Å²) in [6.07, 6.45) is 0. The van der Waals surface area contributed by atoms with Crippen molar-refractivity contribution in [3.8, 4) is 0 Å². The minimum Gasteiger partial charge on any atom is -0.380 e. The number of hydrogen-bond acceptors (Lipinski definition) is 3. The van der Waals surface area contributed by atoms with Crippen LogP contribution in [-0.4, -0.2) is 51.0 Å². The third-order valence-electron chi connectivity index (χ3n) is 1.83. The lowest BCUT2D eigenvalue weighted by Crippen LogP contribution is -2.31. The molecule has 0 spiro atoms. The molecule has 0 bridgehead atoms. The van der Waals surface area contributed by atoms with E-state index in [9.17, 15) is 0 Å². The Labute approximate surface area is 82.0 Å². The van der Waals surface area contributed by atoms with Gasteiger partial charge in [0.05, 0.1) is 13.2 Å². The maximum atomic E-state index is 5.26. The van der Waals surface area contributed by atoms with Gasteiger partial charge in [0.25, 0.3) is 0 Å². The molecule has 1 radical (unpaired) electrons. The summed E-state index contributed by atoms with van der Waals surface area (Å²) >= 11 is 0. The van der Waals surface area contributed by atoms with Crippen molar-refractivity contribution in [2.75, 3.05) is 46.1 Å². The smallest absolute Gasteiger partial charge is 0.0593 e. The van der Waals surface area contributed by atoms with Crippen LogP contribution in [0.5, 0.6) is 0 Å². The van der Waals surface area contributed by atoms with Crippen molar-refractivity contribution in [2.24, 2.45) is 0 Å². The van der Waals surface area contributed by atoms with Crippen LogP contribution in [0.25, 0.3) is 0 Å². The van der Waals surface area contributed by atoms with Gasteiger partial charge in [-0.1, -0.05) is 0 Å². The van der Waals surface area contributed by atoms with Crippen molar-refractivity contribution in [1.82, 2.24) is 4.90 Å². The first-order valence-electron chi connectivity index (χ1n) is 5.02. The van der Waals surface area contributed by atoms with Gasteiger partial charge in [-0.15, -0.1) is 0 Å². The van der Waals surface area contributed by atoms with Crippen LogP contribution in [0.4, 0.5) is 0 Å². The molecule has 0 aliphatic rings. The molecular weight excluding hydrogens is 166 g/mol. The van der Waals surface area contributed by atoms with E-state index in [1.54, 1.807) is 0 Å². The molecule has 0 heterocycles. The highest BCUT2D eigenvalue weighted by atomic mass is 16.5. The summed E-state index contributed by atoms with van der Waals surface area (Å²) in [6.45, 7) is 13.7. The van der Waals surface area contributed by atoms with Gasteiger partial charge in [0, 0.05) is 26.3 Å². The molecule has 3 heteroatoms. The molecule has 3 nitrogen and oxygen atoms in total. The van der Waals surface area contributed by atoms with Gasteiger partial charge in [-0.25, -0.2) is 0 Å². The van der Waals surface area contributed by atoms with Crippen LogP contribution < -0.4 is 0 Å². The number of ether oxygens (including phenoxy) is 2. The summed E-state index contributed by atoms with van der Waals surface area (Å²) < 4.78 is 10.5. The highest BCUT2D eigenvalue weighted by molar-refractivity contribution is 4.57. The summed E-state index contributed by atoms with van der Waals surface area (Å²) in [5.41, 5.74) is 0. The van der Waals surface area contributed by atoms with Gasteiger partial charge in [-0.2, -0.15) is 0 Å². The summed E-state index contributed by atoms with van der Waals surface area (Å²) in [5.74, 6) is 0. The highest BCUT2D eigenvalue weighted by Crippen LogP contribution is 1.88. The Balaban J connectivity index is 3.28. The van der Waals surface area contributed by atoms with Crippen molar-refractivity contribution in [3.05, 3.63) is 6.92 Å². The molecule has 0 saturated heterocycles. The Kier molecular flexibility index (Phi) is 9.87. The quantitative estimate of drug-likeness (QED) is 0.507. The van der Waals surface area contributed by atoms with E-state index in [-0.39, 0.29) is 0 Å². The first-order valence-corrected chi connectivity index (χ1v) is 5.02. The van der Waals surface area contributed by atoms with E-state index in [2.05, 4.69) is 11.8 Å². The molecule has 0 saturated carbocycles. The largest absolute Gasteiger partial charge is 0.380 e. The van der Waals surface area contributed by atoms with E-state index < -0.39 is 0 Å².